The van der Waals surface area contributed by atoms with Gasteiger partial charge in [-0.05, 0) is 49.9 Å². The van der Waals surface area contributed by atoms with Crippen LogP contribution in [0.15, 0.2) is 72.9 Å². The molecule has 0 fully saturated rings. The van der Waals surface area contributed by atoms with Gasteiger partial charge in [-0.2, -0.15) is 0 Å². The number of H-pyrrole nitrogens is 1. The molecule has 1 atom stereocenters. The zero-order chi connectivity index (χ0) is 28.3. The van der Waals surface area contributed by atoms with E-state index in [4.69, 9.17) is 30.5 Å². The van der Waals surface area contributed by atoms with Crippen LogP contribution >= 0.6 is 11.6 Å². The Kier molecular flexibility index (Phi) is 8.35. The number of nitrogens with zero attached hydrogens (tertiary/aromatic N) is 1. The fraction of sp³-hybridized carbons (Fsp3) is 0.344. The Morgan fingerprint density at radius 3 is 2.17 bits per heavy atom. The van der Waals surface area contributed by atoms with Crippen molar-refractivity contribution >= 4 is 34.3 Å². The molecular formula is C32H35ClN2O5. The number of fused-ring (bicyclic) bond motifs is 3. The minimum absolute atomic E-state index is 0.0466. The van der Waals surface area contributed by atoms with E-state index < -0.39 is 18.2 Å². The van der Waals surface area contributed by atoms with Crippen LogP contribution in [0.2, 0.25) is 0 Å². The summed E-state index contributed by atoms with van der Waals surface area (Å²) < 4.78 is 24.4. The molecule has 2 heterocycles. The lowest BCUT2D eigenvalue weighted by Crippen LogP contribution is -2.36. The summed E-state index contributed by atoms with van der Waals surface area (Å²) in [6.07, 6.45) is 1.52. The van der Waals surface area contributed by atoms with Crippen molar-refractivity contribution < 1.29 is 23.7 Å². The summed E-state index contributed by atoms with van der Waals surface area (Å²) in [7, 11) is 0. The Hall–Kier alpha value is -3.52. The molecule has 7 nitrogen and oxygen atoms in total. The zero-order valence-corrected chi connectivity index (χ0v) is 24.0. The Labute approximate surface area is 239 Å². The summed E-state index contributed by atoms with van der Waals surface area (Å²) in [5.41, 5.74) is 4.92. The quantitative estimate of drug-likeness (QED) is 0.167. The minimum atomic E-state index is -1.01. The van der Waals surface area contributed by atoms with Crippen molar-refractivity contribution in [2.75, 3.05) is 17.3 Å². The van der Waals surface area contributed by atoms with Crippen LogP contribution in [0, 0.1) is 6.92 Å². The van der Waals surface area contributed by atoms with E-state index in [1.165, 1.54) is 0 Å². The molecule has 0 saturated carbocycles. The number of aryl methyl sites for hydroxylation is 1. The lowest BCUT2D eigenvalue weighted by atomic mass is 9.97. The first kappa shape index (κ1) is 28.0. The maximum Gasteiger partial charge on any atom is 0.414 e. The van der Waals surface area contributed by atoms with Crippen LogP contribution in [-0.4, -0.2) is 35.6 Å². The molecule has 40 heavy (non-hydrogen) atoms. The second-order valence-corrected chi connectivity index (χ2v) is 11.3. The smallest absolute Gasteiger partial charge is 0.414 e. The summed E-state index contributed by atoms with van der Waals surface area (Å²) in [5, 5.41) is 0.981. The number of carbonyl (C=O) groups excluding carboxylic acids is 1. The number of amides is 1. The van der Waals surface area contributed by atoms with Crippen molar-refractivity contribution in [1.29, 1.82) is 0 Å². The summed E-state index contributed by atoms with van der Waals surface area (Å²) in [6, 6.07) is 21.6. The number of benzene rings is 3. The van der Waals surface area contributed by atoms with E-state index in [2.05, 4.69) is 4.98 Å². The molecule has 0 spiro atoms. The number of aromatic amines is 1. The van der Waals surface area contributed by atoms with Crippen molar-refractivity contribution in [2.24, 2.45) is 0 Å². The fourth-order valence-electron chi connectivity index (χ4n) is 4.92. The molecule has 0 aliphatic carbocycles. The van der Waals surface area contributed by atoms with Gasteiger partial charge in [0.25, 0.3) is 0 Å². The normalized spacial score (nSPS) is 15.1. The van der Waals surface area contributed by atoms with E-state index >= 15 is 0 Å². The Morgan fingerprint density at radius 2 is 1.62 bits per heavy atom. The molecule has 3 aromatic carbocycles. The van der Waals surface area contributed by atoms with Gasteiger partial charge in [-0.25, -0.2) is 4.79 Å². The van der Waals surface area contributed by atoms with E-state index in [-0.39, 0.29) is 5.92 Å². The van der Waals surface area contributed by atoms with Crippen molar-refractivity contribution in [2.45, 2.75) is 58.9 Å². The highest BCUT2D eigenvalue weighted by Gasteiger charge is 2.38. The maximum absolute atomic E-state index is 13.3. The number of hydrogen-bond acceptors (Lipinski definition) is 5. The van der Waals surface area contributed by atoms with Crippen LogP contribution in [-0.2, 0) is 27.4 Å². The first-order valence-electron chi connectivity index (χ1n) is 13.4. The van der Waals surface area contributed by atoms with Crippen molar-refractivity contribution in [3.63, 3.8) is 0 Å². The van der Waals surface area contributed by atoms with Crippen LogP contribution in [0.4, 0.5) is 10.5 Å². The molecule has 1 aliphatic rings. The molecule has 1 N–H and O–H groups in total. The molecule has 1 aliphatic heterocycles. The average molecular weight is 563 g/mol. The number of carbonyl (C=O) groups is 1. The number of nitrogens with one attached hydrogen (secondary N) is 1. The summed E-state index contributed by atoms with van der Waals surface area (Å²) in [6.45, 7) is 7.61. The molecule has 0 unspecified atom stereocenters. The van der Waals surface area contributed by atoms with Gasteiger partial charge in [-0.1, -0.05) is 60.7 Å². The van der Waals surface area contributed by atoms with Crippen LogP contribution in [0.25, 0.3) is 10.9 Å². The third-order valence-corrected chi connectivity index (χ3v) is 7.09. The Morgan fingerprint density at radius 1 is 1.02 bits per heavy atom. The van der Waals surface area contributed by atoms with Gasteiger partial charge >= 0.3 is 12.6 Å². The van der Waals surface area contributed by atoms with Crippen LogP contribution in [0.5, 0.6) is 5.75 Å². The minimum Gasteiger partial charge on any atom is -0.443 e. The first-order valence-corrected chi connectivity index (χ1v) is 14.0. The average Bonchev–Trinajstić information content (AvgIpc) is 3.50. The largest absolute Gasteiger partial charge is 0.443 e. The Bertz CT molecular complexity index is 1410. The predicted octanol–water partition coefficient (Wildman–Crippen LogP) is 7.65. The topological polar surface area (TPSA) is 73.0 Å². The van der Waals surface area contributed by atoms with Crippen molar-refractivity contribution in [3.05, 3.63) is 95.2 Å². The van der Waals surface area contributed by atoms with Gasteiger partial charge in [0.05, 0.1) is 24.4 Å². The van der Waals surface area contributed by atoms with Crippen LogP contribution in [0.1, 0.15) is 48.9 Å². The number of aromatic nitrogens is 1. The predicted molar refractivity (Wildman–Crippen MR) is 157 cm³/mol. The van der Waals surface area contributed by atoms with Gasteiger partial charge < -0.3 is 23.9 Å². The van der Waals surface area contributed by atoms with Crippen LogP contribution < -0.4 is 9.64 Å². The van der Waals surface area contributed by atoms with Gasteiger partial charge in [0, 0.05) is 36.0 Å². The number of anilines is 1. The molecule has 0 saturated heterocycles. The second-order valence-electron chi connectivity index (χ2n) is 11.0. The van der Waals surface area contributed by atoms with Crippen molar-refractivity contribution in [1.82, 2.24) is 4.98 Å². The molecule has 4 aromatic rings. The lowest BCUT2D eigenvalue weighted by Gasteiger charge is -2.25. The van der Waals surface area contributed by atoms with E-state index in [9.17, 15) is 4.79 Å². The molecular weight excluding hydrogens is 528 g/mol. The molecule has 0 bridgehead atoms. The molecule has 1 amide bonds. The monoisotopic (exact) mass is 562 g/mol. The standard InChI is InChI=1S/C32H35ClN2O5/c1-21-17-34-29-26(15-25-28(27(21)29)24(16-33)18-35(25)30(36)40-32(2,3)4)39-31(37-19-22-11-7-5-8-12-22)38-20-23-13-9-6-10-14-23/h5-15,17,24,31,34H,16,18-20H2,1-4H3/t24-/m1/s1. The Balaban J connectivity index is 1.49. The molecule has 1 aromatic heterocycles. The lowest BCUT2D eigenvalue weighted by molar-refractivity contribution is -0.257. The maximum atomic E-state index is 13.3. The summed E-state index contributed by atoms with van der Waals surface area (Å²) in [4.78, 5) is 18.3. The van der Waals surface area contributed by atoms with Gasteiger partial charge in [0.1, 0.15) is 5.60 Å². The summed E-state index contributed by atoms with van der Waals surface area (Å²) >= 11 is 6.42. The summed E-state index contributed by atoms with van der Waals surface area (Å²) in [5.74, 6) is 0.835. The molecule has 5 rings (SSSR count). The van der Waals surface area contributed by atoms with Gasteiger partial charge in [-0.15, -0.1) is 11.6 Å². The third-order valence-electron chi connectivity index (χ3n) is 6.72. The van der Waals surface area contributed by atoms with E-state index in [0.29, 0.717) is 31.4 Å². The van der Waals surface area contributed by atoms with E-state index in [1.54, 1.807) is 4.90 Å². The zero-order valence-electron chi connectivity index (χ0n) is 23.3. The van der Waals surface area contributed by atoms with Gasteiger partial charge in [-0.3, -0.25) is 4.90 Å². The second kappa shape index (κ2) is 11.9. The van der Waals surface area contributed by atoms with Crippen molar-refractivity contribution in [3.8, 4) is 5.75 Å². The first-order chi connectivity index (χ1) is 19.2. The molecule has 0 radical (unpaired) electrons. The number of ether oxygens (including phenoxy) is 4. The molecule has 210 valence electrons. The highest BCUT2D eigenvalue weighted by atomic mass is 35.5. The molecule has 8 heteroatoms. The van der Waals surface area contributed by atoms with Gasteiger partial charge in [0.2, 0.25) is 0 Å². The van der Waals surface area contributed by atoms with E-state index in [0.717, 1.165) is 38.8 Å². The van der Waals surface area contributed by atoms with Gasteiger partial charge in [0.15, 0.2) is 5.75 Å². The fourth-order valence-corrected chi connectivity index (χ4v) is 5.17. The number of hydrogen-bond donors (Lipinski definition) is 1. The highest BCUT2D eigenvalue weighted by Crippen LogP contribution is 2.47. The van der Waals surface area contributed by atoms with E-state index in [1.807, 2.05) is 101 Å². The highest BCUT2D eigenvalue weighted by molar-refractivity contribution is 6.19. The number of alkyl halides is 1. The number of rotatable bonds is 9. The number of halogens is 1. The third kappa shape index (κ3) is 6.28. The SMILES string of the molecule is Cc1c[nH]c2c(OC(OCc3ccccc3)OCc3ccccc3)cc3c(c12)[C@H](CCl)CN3C(=O)OC(C)(C)C. The van der Waals surface area contributed by atoms with Crippen LogP contribution in [0.3, 0.4) is 0 Å².